The highest BCUT2D eigenvalue weighted by Crippen LogP contribution is 2.23. The molecule has 0 spiro atoms. The number of carbonyl (C=O) groups excluding carboxylic acids is 1. The Morgan fingerprint density at radius 3 is 2.29 bits per heavy atom. The van der Waals surface area contributed by atoms with Crippen molar-refractivity contribution >= 4 is 17.4 Å². The van der Waals surface area contributed by atoms with Crippen LogP contribution >= 0.6 is 0 Å². The normalized spacial score (nSPS) is 10.0. The van der Waals surface area contributed by atoms with E-state index in [1.165, 1.54) is 14.2 Å². The third-order valence-electron chi connectivity index (χ3n) is 2.98. The van der Waals surface area contributed by atoms with Crippen molar-refractivity contribution in [2.24, 2.45) is 0 Å². The molecule has 0 saturated carbocycles. The van der Waals surface area contributed by atoms with Gasteiger partial charge < -0.3 is 20.5 Å². The minimum atomic E-state index is -0.302. The van der Waals surface area contributed by atoms with Gasteiger partial charge in [0.05, 0.1) is 25.6 Å². The summed E-state index contributed by atoms with van der Waals surface area (Å²) >= 11 is 0. The highest BCUT2D eigenvalue weighted by atomic mass is 16.5. The van der Waals surface area contributed by atoms with Crippen molar-refractivity contribution in [3.8, 4) is 11.5 Å². The van der Waals surface area contributed by atoms with Crippen LogP contribution in [0.4, 0.5) is 11.5 Å². The maximum absolute atomic E-state index is 12.3. The number of aryl methyl sites for hydroxylation is 1. The predicted octanol–water partition coefficient (Wildman–Crippen LogP) is 2.24. The van der Waals surface area contributed by atoms with E-state index in [0.717, 1.165) is 0 Å². The lowest BCUT2D eigenvalue weighted by atomic mass is 10.2. The maximum atomic E-state index is 12.3. The van der Waals surface area contributed by atoms with Gasteiger partial charge in [0.2, 0.25) is 0 Å². The standard InChI is InChI=1S/C15H17N3O3/c1-9-13(16)4-5-14(17-9)18-15(19)10-6-11(20-2)8-12(7-10)21-3/h4-8H,16H2,1-3H3,(H,17,18,19). The summed E-state index contributed by atoms with van der Waals surface area (Å²) in [6.45, 7) is 1.78. The Labute approximate surface area is 122 Å². The summed E-state index contributed by atoms with van der Waals surface area (Å²) in [6.07, 6.45) is 0. The number of methoxy groups -OCH3 is 2. The maximum Gasteiger partial charge on any atom is 0.257 e. The summed E-state index contributed by atoms with van der Waals surface area (Å²) in [5.74, 6) is 1.22. The molecule has 0 bridgehead atoms. The van der Waals surface area contributed by atoms with Gasteiger partial charge in [-0.2, -0.15) is 0 Å². The lowest BCUT2D eigenvalue weighted by molar-refractivity contribution is 0.102. The molecule has 2 aromatic rings. The Kier molecular flexibility index (Phi) is 4.27. The van der Waals surface area contributed by atoms with Crippen molar-refractivity contribution in [1.29, 1.82) is 0 Å². The number of hydrogen-bond acceptors (Lipinski definition) is 5. The fraction of sp³-hybridized carbons (Fsp3) is 0.200. The topological polar surface area (TPSA) is 86.5 Å². The van der Waals surface area contributed by atoms with Crippen LogP contribution in [-0.4, -0.2) is 25.1 Å². The van der Waals surface area contributed by atoms with Gasteiger partial charge >= 0.3 is 0 Å². The molecule has 0 aliphatic carbocycles. The molecule has 3 N–H and O–H groups in total. The van der Waals surface area contributed by atoms with Crippen LogP contribution in [0, 0.1) is 6.92 Å². The zero-order valence-corrected chi connectivity index (χ0v) is 12.1. The molecule has 6 heteroatoms. The van der Waals surface area contributed by atoms with E-state index in [2.05, 4.69) is 10.3 Å². The van der Waals surface area contributed by atoms with E-state index in [9.17, 15) is 4.79 Å². The summed E-state index contributed by atoms with van der Waals surface area (Å²) < 4.78 is 10.3. The number of nitrogens with one attached hydrogen (secondary N) is 1. The second-order valence-electron chi connectivity index (χ2n) is 4.43. The first-order chi connectivity index (χ1) is 10.0. The fourth-order valence-electron chi connectivity index (χ4n) is 1.77. The molecule has 1 aromatic heterocycles. The number of carbonyl (C=O) groups is 1. The molecule has 0 aliphatic heterocycles. The number of aromatic nitrogens is 1. The molecule has 2 rings (SSSR count). The molecule has 1 heterocycles. The van der Waals surface area contributed by atoms with E-state index in [0.29, 0.717) is 34.3 Å². The van der Waals surface area contributed by atoms with Gasteiger partial charge in [-0.05, 0) is 31.2 Å². The fourth-order valence-corrected chi connectivity index (χ4v) is 1.77. The van der Waals surface area contributed by atoms with Crippen molar-refractivity contribution in [2.75, 3.05) is 25.3 Å². The van der Waals surface area contributed by atoms with E-state index in [1.807, 2.05) is 0 Å². The van der Waals surface area contributed by atoms with Gasteiger partial charge in [0, 0.05) is 11.6 Å². The monoisotopic (exact) mass is 287 g/mol. The summed E-state index contributed by atoms with van der Waals surface area (Å²) in [6, 6.07) is 8.30. The Bertz CT molecular complexity index is 649. The average Bonchev–Trinajstić information content (AvgIpc) is 2.50. The van der Waals surface area contributed by atoms with E-state index < -0.39 is 0 Å². The molecule has 6 nitrogen and oxygen atoms in total. The molecule has 0 saturated heterocycles. The zero-order valence-electron chi connectivity index (χ0n) is 12.1. The Morgan fingerprint density at radius 2 is 1.76 bits per heavy atom. The van der Waals surface area contributed by atoms with Crippen LogP contribution in [0.25, 0.3) is 0 Å². The summed E-state index contributed by atoms with van der Waals surface area (Å²) in [5, 5.41) is 2.71. The van der Waals surface area contributed by atoms with Gasteiger partial charge in [0.25, 0.3) is 5.91 Å². The van der Waals surface area contributed by atoms with E-state index in [4.69, 9.17) is 15.2 Å². The molecule has 1 amide bonds. The Morgan fingerprint density at radius 1 is 1.14 bits per heavy atom. The minimum Gasteiger partial charge on any atom is -0.497 e. The zero-order chi connectivity index (χ0) is 15.4. The van der Waals surface area contributed by atoms with Crippen LogP contribution in [0.5, 0.6) is 11.5 Å². The van der Waals surface area contributed by atoms with Crippen molar-refractivity contribution < 1.29 is 14.3 Å². The van der Waals surface area contributed by atoms with E-state index >= 15 is 0 Å². The quantitative estimate of drug-likeness (QED) is 0.900. The second-order valence-corrected chi connectivity index (χ2v) is 4.43. The number of anilines is 2. The predicted molar refractivity (Wildman–Crippen MR) is 80.9 cm³/mol. The molecular weight excluding hydrogens is 270 g/mol. The lowest BCUT2D eigenvalue weighted by Gasteiger charge is -2.09. The molecule has 0 unspecified atom stereocenters. The van der Waals surface area contributed by atoms with Gasteiger partial charge in [-0.1, -0.05) is 0 Å². The highest BCUT2D eigenvalue weighted by Gasteiger charge is 2.11. The van der Waals surface area contributed by atoms with Crippen molar-refractivity contribution in [1.82, 2.24) is 4.98 Å². The SMILES string of the molecule is COc1cc(OC)cc(C(=O)Nc2ccc(N)c(C)n2)c1. The average molecular weight is 287 g/mol. The molecule has 0 atom stereocenters. The third kappa shape index (κ3) is 3.42. The van der Waals surface area contributed by atoms with Crippen molar-refractivity contribution in [2.45, 2.75) is 6.92 Å². The first-order valence-corrected chi connectivity index (χ1v) is 6.31. The lowest BCUT2D eigenvalue weighted by Crippen LogP contribution is -2.13. The first-order valence-electron chi connectivity index (χ1n) is 6.31. The van der Waals surface area contributed by atoms with Gasteiger partial charge in [0.15, 0.2) is 0 Å². The van der Waals surface area contributed by atoms with Crippen LogP contribution in [-0.2, 0) is 0 Å². The first kappa shape index (κ1) is 14.6. The molecule has 0 aliphatic rings. The summed E-state index contributed by atoms with van der Waals surface area (Å²) in [4.78, 5) is 16.5. The number of rotatable bonds is 4. The Balaban J connectivity index is 2.25. The number of hydrogen-bond donors (Lipinski definition) is 2. The van der Waals surface area contributed by atoms with Crippen molar-refractivity contribution in [3.05, 3.63) is 41.6 Å². The summed E-state index contributed by atoms with van der Waals surface area (Å²) in [5.41, 5.74) is 7.36. The van der Waals surface area contributed by atoms with Gasteiger partial charge in [-0.3, -0.25) is 4.79 Å². The summed E-state index contributed by atoms with van der Waals surface area (Å²) in [7, 11) is 3.06. The molecule has 1 aromatic carbocycles. The smallest absolute Gasteiger partial charge is 0.257 e. The van der Waals surface area contributed by atoms with E-state index in [1.54, 1.807) is 37.3 Å². The van der Waals surface area contributed by atoms with Gasteiger partial charge in [-0.25, -0.2) is 4.98 Å². The largest absolute Gasteiger partial charge is 0.497 e. The van der Waals surface area contributed by atoms with Crippen LogP contribution in [0.15, 0.2) is 30.3 Å². The Hall–Kier alpha value is -2.76. The highest BCUT2D eigenvalue weighted by molar-refractivity contribution is 6.04. The number of pyridine rings is 1. The number of ether oxygens (including phenoxy) is 2. The second kappa shape index (κ2) is 6.13. The van der Waals surface area contributed by atoms with Gasteiger partial charge in [0.1, 0.15) is 17.3 Å². The molecule has 0 fully saturated rings. The number of benzene rings is 1. The molecule has 21 heavy (non-hydrogen) atoms. The van der Waals surface area contributed by atoms with Crippen LogP contribution in [0.1, 0.15) is 16.1 Å². The van der Waals surface area contributed by atoms with E-state index in [-0.39, 0.29) is 5.91 Å². The van der Waals surface area contributed by atoms with Gasteiger partial charge in [-0.15, -0.1) is 0 Å². The molecule has 0 radical (unpaired) electrons. The van der Waals surface area contributed by atoms with Crippen molar-refractivity contribution in [3.63, 3.8) is 0 Å². The third-order valence-corrected chi connectivity index (χ3v) is 2.98. The molecule has 110 valence electrons. The van der Waals surface area contributed by atoms with Crippen LogP contribution in [0.3, 0.4) is 0 Å². The van der Waals surface area contributed by atoms with Crippen LogP contribution < -0.4 is 20.5 Å². The minimum absolute atomic E-state index is 0.302. The number of nitrogens with two attached hydrogens (primary N) is 1. The van der Waals surface area contributed by atoms with Crippen LogP contribution in [0.2, 0.25) is 0 Å². The number of amides is 1. The number of nitrogen functional groups attached to an aromatic ring is 1. The number of nitrogens with zero attached hydrogens (tertiary/aromatic N) is 1. The molecular formula is C15H17N3O3.